The van der Waals surface area contributed by atoms with Crippen molar-refractivity contribution in [2.24, 2.45) is 10.7 Å². The number of benzene rings is 1. The first-order chi connectivity index (χ1) is 8.65. The first-order valence-corrected chi connectivity index (χ1v) is 5.72. The second-order valence-corrected chi connectivity index (χ2v) is 4.03. The van der Waals surface area contributed by atoms with E-state index >= 15 is 0 Å². The van der Waals surface area contributed by atoms with Crippen LogP contribution >= 0.6 is 11.6 Å². The topological polar surface area (TPSA) is 81.2 Å². The number of rotatable bonds is 3. The molecule has 0 aliphatic carbocycles. The van der Waals surface area contributed by atoms with Gasteiger partial charge in [-0.2, -0.15) is 5.26 Å². The van der Waals surface area contributed by atoms with Gasteiger partial charge in [0.2, 0.25) is 0 Å². The van der Waals surface area contributed by atoms with Crippen LogP contribution in [0.4, 0.5) is 5.82 Å². The number of aromatic amines is 1. The highest BCUT2D eigenvalue weighted by atomic mass is 35.5. The van der Waals surface area contributed by atoms with Crippen molar-refractivity contribution in [2.75, 3.05) is 11.9 Å². The van der Waals surface area contributed by atoms with Gasteiger partial charge in [-0.15, -0.1) is 0 Å². The summed E-state index contributed by atoms with van der Waals surface area (Å²) >= 11 is 5.40. The number of halogens is 1. The maximum atomic E-state index is 8.85. The van der Waals surface area contributed by atoms with Crippen molar-refractivity contribution in [3.05, 3.63) is 29.8 Å². The van der Waals surface area contributed by atoms with Gasteiger partial charge in [0.15, 0.2) is 6.29 Å². The van der Waals surface area contributed by atoms with Crippen LogP contribution in [-0.2, 0) is 0 Å². The lowest BCUT2D eigenvalue weighted by molar-refractivity contribution is 0.689. The van der Waals surface area contributed by atoms with E-state index in [4.69, 9.17) is 22.6 Å². The lowest BCUT2D eigenvalue weighted by atomic mass is 10.2. The van der Waals surface area contributed by atoms with Crippen LogP contribution in [0.2, 0.25) is 0 Å². The Morgan fingerprint density at radius 1 is 1.56 bits per heavy atom. The van der Waals surface area contributed by atoms with E-state index in [0.717, 1.165) is 22.4 Å². The minimum atomic E-state index is -0.550. The molecule has 18 heavy (non-hydrogen) atoms. The monoisotopic (exact) mass is 261 g/mol. The van der Waals surface area contributed by atoms with Gasteiger partial charge >= 0.3 is 0 Å². The molecule has 6 heteroatoms. The van der Waals surface area contributed by atoms with Gasteiger partial charge in [0.25, 0.3) is 0 Å². The molecule has 0 radical (unpaired) electrons. The highest BCUT2D eigenvalue weighted by Crippen LogP contribution is 2.22. The smallest absolute Gasteiger partial charge is 0.175 e. The number of H-pyrrole nitrogens is 1. The maximum Gasteiger partial charge on any atom is 0.175 e. The Balaban J connectivity index is 2.38. The molecule has 0 spiro atoms. The molecule has 0 aliphatic heterocycles. The van der Waals surface area contributed by atoms with E-state index in [2.05, 4.69) is 16.0 Å². The van der Waals surface area contributed by atoms with Crippen LogP contribution in [0.3, 0.4) is 0 Å². The third-order valence-electron chi connectivity index (χ3n) is 2.72. The van der Waals surface area contributed by atoms with E-state index < -0.39 is 6.29 Å². The van der Waals surface area contributed by atoms with Crippen LogP contribution in [0.5, 0.6) is 0 Å². The molecule has 0 fully saturated rings. The van der Waals surface area contributed by atoms with Crippen molar-refractivity contribution in [3.8, 4) is 6.07 Å². The Morgan fingerprint density at radius 2 is 2.33 bits per heavy atom. The summed E-state index contributed by atoms with van der Waals surface area (Å²) in [4.78, 5) is 8.84. The van der Waals surface area contributed by atoms with Gasteiger partial charge < -0.3 is 9.88 Å². The lowest BCUT2D eigenvalue weighted by Crippen LogP contribution is -2.37. The SMILES string of the molecule is CN(c1cc2cc(C#N)ccc2[nH]1)C(N)/N=C/Cl. The van der Waals surface area contributed by atoms with E-state index in [-0.39, 0.29) is 0 Å². The van der Waals surface area contributed by atoms with E-state index in [1.807, 2.05) is 25.2 Å². The van der Waals surface area contributed by atoms with Crippen LogP contribution < -0.4 is 10.6 Å². The number of nitrogens with one attached hydrogen (secondary N) is 1. The molecule has 0 saturated carbocycles. The molecule has 1 aromatic heterocycles. The van der Waals surface area contributed by atoms with Gasteiger partial charge in [0.05, 0.1) is 17.3 Å². The third kappa shape index (κ3) is 2.30. The number of nitrogens with two attached hydrogens (primary N) is 1. The highest BCUT2D eigenvalue weighted by Gasteiger charge is 2.11. The minimum Gasteiger partial charge on any atom is -0.341 e. The second-order valence-electron chi connectivity index (χ2n) is 3.84. The van der Waals surface area contributed by atoms with E-state index in [9.17, 15) is 0 Å². The Bertz CT molecular complexity index is 625. The maximum absolute atomic E-state index is 8.85. The molecule has 1 unspecified atom stereocenters. The molecule has 2 rings (SSSR count). The number of anilines is 1. The van der Waals surface area contributed by atoms with Gasteiger partial charge in [0, 0.05) is 18.0 Å². The van der Waals surface area contributed by atoms with Crippen molar-refractivity contribution < 1.29 is 0 Å². The molecule has 0 bridgehead atoms. The van der Waals surface area contributed by atoms with E-state index in [0.29, 0.717) is 5.56 Å². The third-order valence-corrected chi connectivity index (χ3v) is 2.83. The Kier molecular flexibility index (Phi) is 3.51. The molecule has 0 aliphatic rings. The van der Waals surface area contributed by atoms with Gasteiger partial charge in [-0.3, -0.25) is 5.73 Å². The number of fused-ring (bicyclic) bond motifs is 1. The fourth-order valence-electron chi connectivity index (χ4n) is 1.68. The molecular formula is C12H12ClN5. The molecule has 1 atom stereocenters. The summed E-state index contributed by atoms with van der Waals surface area (Å²) < 4.78 is 0. The number of nitriles is 1. The summed E-state index contributed by atoms with van der Waals surface area (Å²) in [6.07, 6.45) is -0.550. The Morgan fingerprint density at radius 3 is 3.00 bits per heavy atom. The molecule has 1 aromatic carbocycles. The number of aliphatic imine (C=N–C) groups is 1. The van der Waals surface area contributed by atoms with Gasteiger partial charge in [-0.25, -0.2) is 4.99 Å². The second kappa shape index (κ2) is 5.08. The van der Waals surface area contributed by atoms with Crippen LogP contribution in [-0.4, -0.2) is 24.0 Å². The van der Waals surface area contributed by atoms with Crippen LogP contribution in [0, 0.1) is 11.3 Å². The van der Waals surface area contributed by atoms with Crippen molar-refractivity contribution in [1.29, 1.82) is 5.26 Å². The predicted molar refractivity (Wildman–Crippen MR) is 73.7 cm³/mol. The largest absolute Gasteiger partial charge is 0.341 e. The van der Waals surface area contributed by atoms with Crippen molar-refractivity contribution in [2.45, 2.75) is 6.29 Å². The molecule has 0 amide bonds. The summed E-state index contributed by atoms with van der Waals surface area (Å²) in [5.41, 5.74) is 8.53. The van der Waals surface area contributed by atoms with Gasteiger partial charge in [-0.05, 0) is 24.3 Å². The number of aromatic nitrogens is 1. The first kappa shape index (κ1) is 12.4. The fraction of sp³-hybridized carbons (Fsp3) is 0.167. The predicted octanol–water partition coefficient (Wildman–Crippen LogP) is 1.99. The van der Waals surface area contributed by atoms with E-state index in [1.54, 1.807) is 11.0 Å². The van der Waals surface area contributed by atoms with Crippen LogP contribution in [0.25, 0.3) is 10.9 Å². The molecule has 0 saturated heterocycles. The molecule has 92 valence electrons. The van der Waals surface area contributed by atoms with E-state index in [1.165, 1.54) is 0 Å². The van der Waals surface area contributed by atoms with Gasteiger partial charge in [0.1, 0.15) is 5.82 Å². The number of hydrogen-bond acceptors (Lipinski definition) is 4. The average Bonchev–Trinajstić information content (AvgIpc) is 2.80. The number of hydrogen-bond donors (Lipinski definition) is 2. The molecular weight excluding hydrogens is 250 g/mol. The summed E-state index contributed by atoms with van der Waals surface area (Å²) in [5, 5.41) is 9.80. The zero-order valence-corrected chi connectivity index (χ0v) is 10.5. The van der Waals surface area contributed by atoms with Crippen molar-refractivity contribution >= 4 is 34.0 Å². The highest BCUT2D eigenvalue weighted by molar-refractivity contribution is 6.56. The Hall–Kier alpha value is -2.03. The lowest BCUT2D eigenvalue weighted by Gasteiger charge is -2.21. The van der Waals surface area contributed by atoms with Crippen molar-refractivity contribution in [1.82, 2.24) is 4.98 Å². The standard InChI is InChI=1S/C12H12ClN5/c1-18(12(15)16-7-13)11-5-9-4-8(6-14)2-3-10(9)17-11/h2-5,7,12,17H,15H2,1H3/b16-7+. The normalized spacial score (nSPS) is 12.8. The summed E-state index contributed by atoms with van der Waals surface area (Å²) in [6.45, 7) is 0. The fourth-order valence-corrected chi connectivity index (χ4v) is 1.79. The summed E-state index contributed by atoms with van der Waals surface area (Å²) in [5.74, 6) is 0.815. The quantitative estimate of drug-likeness (QED) is 0.655. The first-order valence-electron chi connectivity index (χ1n) is 5.29. The summed E-state index contributed by atoms with van der Waals surface area (Å²) in [7, 11) is 1.81. The van der Waals surface area contributed by atoms with Gasteiger partial charge in [-0.1, -0.05) is 11.6 Å². The zero-order chi connectivity index (χ0) is 13.1. The van der Waals surface area contributed by atoms with Crippen LogP contribution in [0.1, 0.15) is 5.56 Å². The average molecular weight is 262 g/mol. The molecule has 3 N–H and O–H groups in total. The molecule has 2 aromatic rings. The van der Waals surface area contributed by atoms with Crippen molar-refractivity contribution in [3.63, 3.8) is 0 Å². The molecule has 1 heterocycles. The zero-order valence-electron chi connectivity index (χ0n) is 9.76. The minimum absolute atomic E-state index is 0.550. The summed E-state index contributed by atoms with van der Waals surface area (Å²) in [6, 6.07) is 9.47. The Labute approximate surface area is 109 Å². The molecule has 5 nitrogen and oxygen atoms in total. The number of nitrogens with zero attached hydrogens (tertiary/aromatic N) is 3. The van der Waals surface area contributed by atoms with Crippen LogP contribution in [0.15, 0.2) is 29.3 Å².